The zero-order valence-electron chi connectivity index (χ0n) is 5.20. The van der Waals surface area contributed by atoms with Crippen LogP contribution in [0.5, 0.6) is 0 Å². The van der Waals surface area contributed by atoms with E-state index in [0.29, 0.717) is 10.6 Å². The summed E-state index contributed by atoms with van der Waals surface area (Å²) in [7, 11) is 0. The van der Waals surface area contributed by atoms with Gasteiger partial charge in [0.15, 0.2) is 0 Å². The second kappa shape index (κ2) is 2.99. The van der Waals surface area contributed by atoms with Gasteiger partial charge >= 0.3 is 0 Å². The minimum absolute atomic E-state index is 0.113. The SMILES string of the molecule is NCc1c(F)[c]ccc1Cl. The topological polar surface area (TPSA) is 26.0 Å². The van der Waals surface area contributed by atoms with E-state index in [1.165, 1.54) is 6.07 Å². The molecule has 0 aliphatic rings. The Labute approximate surface area is 63.6 Å². The lowest BCUT2D eigenvalue weighted by molar-refractivity contribution is 0.608. The molecule has 0 aliphatic heterocycles. The molecule has 1 aromatic carbocycles. The van der Waals surface area contributed by atoms with Crippen LogP contribution in [-0.2, 0) is 6.54 Å². The molecule has 0 bridgehead atoms. The van der Waals surface area contributed by atoms with Crippen LogP contribution in [0.1, 0.15) is 5.56 Å². The number of halogens is 2. The minimum atomic E-state index is -0.463. The van der Waals surface area contributed by atoms with Crippen molar-refractivity contribution < 1.29 is 4.39 Å². The fourth-order valence-electron chi connectivity index (χ4n) is 0.668. The highest BCUT2D eigenvalue weighted by atomic mass is 35.5. The summed E-state index contributed by atoms with van der Waals surface area (Å²) >= 11 is 5.59. The molecule has 3 heteroatoms. The molecule has 0 spiro atoms. The summed E-state index contributed by atoms with van der Waals surface area (Å²) < 4.78 is 12.6. The van der Waals surface area contributed by atoms with Crippen LogP contribution < -0.4 is 5.73 Å². The van der Waals surface area contributed by atoms with E-state index in [1.807, 2.05) is 0 Å². The monoisotopic (exact) mass is 158 g/mol. The van der Waals surface area contributed by atoms with Gasteiger partial charge in [-0.05, 0) is 12.1 Å². The van der Waals surface area contributed by atoms with Crippen molar-refractivity contribution in [2.24, 2.45) is 5.73 Å². The Kier molecular flexibility index (Phi) is 2.25. The van der Waals surface area contributed by atoms with Gasteiger partial charge in [-0.15, -0.1) is 0 Å². The highest BCUT2D eigenvalue weighted by Gasteiger charge is 2.02. The molecule has 0 atom stereocenters. The summed E-state index contributed by atoms with van der Waals surface area (Å²) in [6.45, 7) is 0.113. The van der Waals surface area contributed by atoms with Gasteiger partial charge in [-0.3, -0.25) is 0 Å². The van der Waals surface area contributed by atoms with Gasteiger partial charge in [0.2, 0.25) is 0 Å². The summed E-state index contributed by atoms with van der Waals surface area (Å²) in [4.78, 5) is 0. The summed E-state index contributed by atoms with van der Waals surface area (Å²) in [5.41, 5.74) is 5.53. The predicted octanol–water partition coefficient (Wildman–Crippen LogP) is 1.74. The van der Waals surface area contributed by atoms with Gasteiger partial charge in [0, 0.05) is 23.2 Å². The number of benzene rings is 1. The van der Waals surface area contributed by atoms with Crippen LogP contribution in [-0.4, -0.2) is 0 Å². The van der Waals surface area contributed by atoms with Gasteiger partial charge in [0.25, 0.3) is 0 Å². The normalized spacial score (nSPS) is 9.90. The standard InChI is InChI=1S/C7H6ClFN/c8-6-2-1-3-7(9)5(6)4-10/h1-2H,4,10H2. The lowest BCUT2D eigenvalue weighted by Crippen LogP contribution is -2.00. The van der Waals surface area contributed by atoms with Gasteiger partial charge in [-0.1, -0.05) is 11.6 Å². The van der Waals surface area contributed by atoms with Gasteiger partial charge in [-0.2, -0.15) is 0 Å². The number of hydrogen-bond donors (Lipinski definition) is 1. The van der Waals surface area contributed by atoms with E-state index < -0.39 is 5.82 Å². The van der Waals surface area contributed by atoms with Crippen molar-refractivity contribution in [3.8, 4) is 0 Å². The average molecular weight is 159 g/mol. The largest absolute Gasteiger partial charge is 0.326 e. The van der Waals surface area contributed by atoms with Crippen LogP contribution in [0, 0.1) is 11.9 Å². The maximum absolute atomic E-state index is 12.6. The third-order valence-corrected chi connectivity index (χ3v) is 1.55. The van der Waals surface area contributed by atoms with E-state index in [1.54, 1.807) is 6.07 Å². The van der Waals surface area contributed by atoms with Crippen LogP contribution in [0.3, 0.4) is 0 Å². The maximum atomic E-state index is 12.6. The van der Waals surface area contributed by atoms with E-state index in [4.69, 9.17) is 17.3 Å². The fourth-order valence-corrected chi connectivity index (χ4v) is 0.891. The van der Waals surface area contributed by atoms with Crippen molar-refractivity contribution in [3.05, 3.63) is 34.6 Å². The molecule has 2 N–H and O–H groups in total. The Hall–Kier alpha value is -0.600. The van der Waals surface area contributed by atoms with E-state index >= 15 is 0 Å². The number of rotatable bonds is 1. The third-order valence-electron chi connectivity index (χ3n) is 1.20. The van der Waals surface area contributed by atoms with Crippen molar-refractivity contribution in [1.29, 1.82) is 0 Å². The van der Waals surface area contributed by atoms with Crippen LogP contribution in [0.4, 0.5) is 4.39 Å². The van der Waals surface area contributed by atoms with E-state index in [0.717, 1.165) is 0 Å². The first kappa shape index (κ1) is 7.51. The highest BCUT2D eigenvalue weighted by molar-refractivity contribution is 6.31. The van der Waals surface area contributed by atoms with Gasteiger partial charge in [0.1, 0.15) is 5.82 Å². The van der Waals surface area contributed by atoms with Crippen molar-refractivity contribution in [2.75, 3.05) is 0 Å². The minimum Gasteiger partial charge on any atom is -0.326 e. The van der Waals surface area contributed by atoms with E-state index in [2.05, 4.69) is 6.07 Å². The van der Waals surface area contributed by atoms with E-state index in [9.17, 15) is 4.39 Å². The summed E-state index contributed by atoms with van der Waals surface area (Å²) in [6, 6.07) is 5.35. The summed E-state index contributed by atoms with van der Waals surface area (Å²) in [5, 5.41) is 0.360. The maximum Gasteiger partial charge on any atom is 0.137 e. The molecule has 1 nitrogen and oxygen atoms in total. The molecule has 10 heavy (non-hydrogen) atoms. The second-order valence-electron chi connectivity index (χ2n) is 1.82. The Morgan fingerprint density at radius 3 is 2.80 bits per heavy atom. The number of nitrogens with two attached hydrogens (primary N) is 1. The molecule has 0 saturated carbocycles. The molecule has 1 radical (unpaired) electrons. The fraction of sp³-hybridized carbons (Fsp3) is 0.143. The van der Waals surface area contributed by atoms with Gasteiger partial charge < -0.3 is 5.73 Å². The molecule has 0 aromatic heterocycles. The van der Waals surface area contributed by atoms with Crippen LogP contribution in [0.2, 0.25) is 5.02 Å². The van der Waals surface area contributed by atoms with Crippen LogP contribution in [0.15, 0.2) is 12.1 Å². The molecule has 0 amide bonds. The first-order valence-corrected chi connectivity index (χ1v) is 3.18. The van der Waals surface area contributed by atoms with Gasteiger partial charge in [0.05, 0.1) is 0 Å². The molecule has 0 heterocycles. The summed E-state index contributed by atoms with van der Waals surface area (Å²) in [6.07, 6.45) is 0. The van der Waals surface area contributed by atoms with Crippen molar-refractivity contribution in [1.82, 2.24) is 0 Å². The smallest absolute Gasteiger partial charge is 0.137 e. The lowest BCUT2D eigenvalue weighted by Gasteiger charge is -1.99. The molecule has 1 rings (SSSR count). The van der Waals surface area contributed by atoms with Crippen molar-refractivity contribution >= 4 is 11.6 Å². The zero-order valence-corrected chi connectivity index (χ0v) is 5.95. The van der Waals surface area contributed by atoms with Crippen LogP contribution in [0.25, 0.3) is 0 Å². The first-order valence-electron chi connectivity index (χ1n) is 2.80. The van der Waals surface area contributed by atoms with E-state index in [-0.39, 0.29) is 6.54 Å². The Bertz CT molecular complexity index is 217. The zero-order chi connectivity index (χ0) is 7.56. The Morgan fingerprint density at radius 2 is 2.40 bits per heavy atom. The average Bonchev–Trinajstić information content (AvgIpc) is 1.88. The Balaban J connectivity index is 3.17. The third kappa shape index (κ3) is 1.28. The van der Waals surface area contributed by atoms with Gasteiger partial charge in [-0.25, -0.2) is 4.39 Å². The molecule has 0 unspecified atom stereocenters. The highest BCUT2D eigenvalue weighted by Crippen LogP contribution is 2.16. The Morgan fingerprint density at radius 1 is 1.70 bits per heavy atom. The molecule has 0 saturated heterocycles. The molecular weight excluding hydrogens is 153 g/mol. The predicted molar refractivity (Wildman–Crippen MR) is 38.1 cm³/mol. The van der Waals surface area contributed by atoms with Crippen LogP contribution >= 0.6 is 11.6 Å². The van der Waals surface area contributed by atoms with Crippen molar-refractivity contribution in [3.63, 3.8) is 0 Å². The molecule has 0 fully saturated rings. The molecule has 53 valence electrons. The number of hydrogen-bond acceptors (Lipinski definition) is 1. The quantitative estimate of drug-likeness (QED) is 0.662. The summed E-state index contributed by atoms with van der Waals surface area (Å²) in [5.74, 6) is -0.463. The molecular formula is C7H6ClFN. The second-order valence-corrected chi connectivity index (χ2v) is 2.23. The van der Waals surface area contributed by atoms with Crippen molar-refractivity contribution in [2.45, 2.75) is 6.54 Å². The first-order chi connectivity index (χ1) is 4.75. The molecule has 0 aliphatic carbocycles. The molecule has 1 aromatic rings. The lowest BCUT2D eigenvalue weighted by atomic mass is 10.2.